The van der Waals surface area contributed by atoms with Crippen molar-refractivity contribution >= 4 is 34.8 Å². The number of rotatable bonds is 4. The number of carbonyl (C=O) groups is 2. The van der Waals surface area contributed by atoms with E-state index in [0.717, 1.165) is 5.56 Å². The van der Waals surface area contributed by atoms with E-state index in [1.807, 2.05) is 31.2 Å². The lowest BCUT2D eigenvalue weighted by molar-refractivity contribution is 0.102. The molecule has 0 fully saturated rings. The first-order valence-corrected chi connectivity index (χ1v) is 8.45. The highest BCUT2D eigenvalue weighted by Gasteiger charge is 2.12. The molecule has 3 aromatic rings. The van der Waals surface area contributed by atoms with Gasteiger partial charge in [-0.25, -0.2) is 0 Å². The molecule has 0 atom stereocenters. The van der Waals surface area contributed by atoms with Gasteiger partial charge in [-0.1, -0.05) is 41.9 Å². The van der Waals surface area contributed by atoms with Crippen LogP contribution in [0, 0.1) is 6.92 Å². The number of anilines is 2. The molecule has 2 N–H and O–H groups in total. The second-order valence-electron chi connectivity index (χ2n) is 5.84. The minimum absolute atomic E-state index is 0.275. The van der Waals surface area contributed by atoms with Crippen molar-refractivity contribution in [1.29, 1.82) is 0 Å². The van der Waals surface area contributed by atoms with Crippen molar-refractivity contribution in [3.63, 3.8) is 0 Å². The third kappa shape index (κ3) is 4.29. The zero-order chi connectivity index (χ0) is 18.5. The molecular weight excluding hydrogens is 348 g/mol. The number of carbonyl (C=O) groups excluding carboxylic acids is 2. The Kier molecular flexibility index (Phi) is 5.34. The first-order chi connectivity index (χ1) is 12.5. The number of aryl methyl sites for hydroxylation is 1. The summed E-state index contributed by atoms with van der Waals surface area (Å²) in [5, 5.41) is 6.03. The summed E-state index contributed by atoms with van der Waals surface area (Å²) in [7, 11) is 0. The van der Waals surface area contributed by atoms with Crippen molar-refractivity contribution in [1.82, 2.24) is 0 Å². The van der Waals surface area contributed by atoms with E-state index in [0.29, 0.717) is 27.5 Å². The molecule has 0 aliphatic carbocycles. The molecule has 3 rings (SSSR count). The summed E-state index contributed by atoms with van der Waals surface area (Å²) in [5.41, 5.74) is 3.06. The number of amides is 2. The van der Waals surface area contributed by atoms with Crippen LogP contribution in [0.5, 0.6) is 0 Å². The van der Waals surface area contributed by atoms with Gasteiger partial charge >= 0.3 is 0 Å². The molecule has 0 saturated heterocycles. The lowest BCUT2D eigenvalue weighted by atomic mass is 10.1. The molecule has 130 valence electrons. The summed E-state index contributed by atoms with van der Waals surface area (Å²) >= 11 is 6.06. The van der Waals surface area contributed by atoms with Crippen LogP contribution in [0.25, 0.3) is 0 Å². The normalized spacial score (nSPS) is 10.2. The predicted molar refractivity (Wildman–Crippen MR) is 105 cm³/mol. The minimum Gasteiger partial charge on any atom is -0.322 e. The van der Waals surface area contributed by atoms with Gasteiger partial charge in [0, 0.05) is 16.8 Å². The van der Waals surface area contributed by atoms with Crippen molar-refractivity contribution in [3.8, 4) is 0 Å². The highest BCUT2D eigenvalue weighted by molar-refractivity contribution is 6.33. The standard InChI is InChI=1S/C21H17ClN2O2/c1-14-6-4-9-17(12-14)23-20(25)15-7-5-8-16(13-15)21(26)24-19-11-3-2-10-18(19)22/h2-13H,1H3,(H,23,25)(H,24,26). The van der Waals surface area contributed by atoms with Gasteiger partial charge in [0.25, 0.3) is 11.8 Å². The fourth-order valence-electron chi connectivity index (χ4n) is 2.48. The number of nitrogens with one attached hydrogen (secondary N) is 2. The molecular formula is C21H17ClN2O2. The maximum absolute atomic E-state index is 12.4. The topological polar surface area (TPSA) is 58.2 Å². The Morgan fingerprint density at radius 1 is 0.769 bits per heavy atom. The van der Waals surface area contributed by atoms with Gasteiger partial charge in [0.15, 0.2) is 0 Å². The Hall–Kier alpha value is -3.11. The molecule has 3 aromatic carbocycles. The van der Waals surface area contributed by atoms with Crippen LogP contribution in [0.4, 0.5) is 11.4 Å². The third-order valence-electron chi connectivity index (χ3n) is 3.78. The van der Waals surface area contributed by atoms with E-state index in [2.05, 4.69) is 10.6 Å². The summed E-state index contributed by atoms with van der Waals surface area (Å²) in [5.74, 6) is -0.605. The van der Waals surface area contributed by atoms with Crippen LogP contribution in [0.3, 0.4) is 0 Å². The molecule has 2 amide bonds. The first-order valence-electron chi connectivity index (χ1n) is 8.07. The SMILES string of the molecule is Cc1cccc(NC(=O)c2cccc(C(=O)Nc3ccccc3Cl)c2)c1. The van der Waals surface area contributed by atoms with Gasteiger partial charge in [0.2, 0.25) is 0 Å². The Balaban J connectivity index is 1.76. The lowest BCUT2D eigenvalue weighted by Crippen LogP contribution is -2.15. The van der Waals surface area contributed by atoms with Crippen LogP contribution in [-0.2, 0) is 0 Å². The first kappa shape index (κ1) is 17.7. The molecule has 0 spiro atoms. The molecule has 0 bridgehead atoms. The lowest BCUT2D eigenvalue weighted by Gasteiger charge is -2.09. The Morgan fingerprint density at radius 3 is 2.12 bits per heavy atom. The summed E-state index contributed by atoms with van der Waals surface area (Å²) in [6.45, 7) is 1.95. The van der Waals surface area contributed by atoms with Gasteiger partial charge in [0.05, 0.1) is 10.7 Å². The van der Waals surface area contributed by atoms with Crippen LogP contribution in [-0.4, -0.2) is 11.8 Å². The molecule has 5 heteroatoms. The van der Waals surface area contributed by atoms with Gasteiger partial charge in [-0.15, -0.1) is 0 Å². The summed E-state index contributed by atoms with van der Waals surface area (Å²) in [6.07, 6.45) is 0. The number of para-hydroxylation sites is 1. The third-order valence-corrected chi connectivity index (χ3v) is 4.11. The van der Waals surface area contributed by atoms with Crippen LogP contribution in [0.2, 0.25) is 5.02 Å². The van der Waals surface area contributed by atoms with Crippen LogP contribution < -0.4 is 10.6 Å². The number of hydrogen-bond acceptors (Lipinski definition) is 2. The molecule has 0 radical (unpaired) electrons. The quantitative estimate of drug-likeness (QED) is 0.672. The Morgan fingerprint density at radius 2 is 1.42 bits per heavy atom. The monoisotopic (exact) mass is 364 g/mol. The zero-order valence-electron chi connectivity index (χ0n) is 14.1. The highest BCUT2D eigenvalue weighted by Crippen LogP contribution is 2.21. The second-order valence-corrected chi connectivity index (χ2v) is 6.25. The van der Waals surface area contributed by atoms with Gasteiger partial charge < -0.3 is 10.6 Å². The number of hydrogen-bond donors (Lipinski definition) is 2. The largest absolute Gasteiger partial charge is 0.322 e. The maximum atomic E-state index is 12.4. The molecule has 0 aromatic heterocycles. The average Bonchev–Trinajstić information content (AvgIpc) is 2.63. The highest BCUT2D eigenvalue weighted by atomic mass is 35.5. The molecule has 0 aliphatic heterocycles. The van der Waals surface area contributed by atoms with Crippen LogP contribution in [0.15, 0.2) is 72.8 Å². The van der Waals surface area contributed by atoms with Crippen molar-refractivity contribution in [3.05, 3.63) is 94.5 Å². The Labute approximate surface area is 156 Å². The molecule has 0 aliphatic rings. The summed E-state index contributed by atoms with van der Waals surface area (Å²) in [6, 6.07) is 21.0. The van der Waals surface area contributed by atoms with Gasteiger partial charge in [-0.3, -0.25) is 9.59 Å². The average molecular weight is 365 g/mol. The maximum Gasteiger partial charge on any atom is 0.255 e. The van der Waals surface area contributed by atoms with E-state index >= 15 is 0 Å². The molecule has 4 nitrogen and oxygen atoms in total. The van der Waals surface area contributed by atoms with Crippen molar-refractivity contribution < 1.29 is 9.59 Å². The Bertz CT molecular complexity index is 969. The molecule has 0 heterocycles. The van der Waals surface area contributed by atoms with E-state index in [1.165, 1.54) is 0 Å². The van der Waals surface area contributed by atoms with Crippen molar-refractivity contribution in [2.45, 2.75) is 6.92 Å². The minimum atomic E-state index is -0.330. The van der Waals surface area contributed by atoms with Gasteiger partial charge in [0.1, 0.15) is 0 Å². The van der Waals surface area contributed by atoms with E-state index in [9.17, 15) is 9.59 Å². The molecule has 26 heavy (non-hydrogen) atoms. The van der Waals surface area contributed by atoms with E-state index in [4.69, 9.17) is 11.6 Å². The van der Waals surface area contributed by atoms with Crippen LogP contribution >= 0.6 is 11.6 Å². The van der Waals surface area contributed by atoms with Crippen molar-refractivity contribution in [2.75, 3.05) is 10.6 Å². The number of halogens is 1. The smallest absolute Gasteiger partial charge is 0.255 e. The summed E-state index contributed by atoms with van der Waals surface area (Å²) < 4.78 is 0. The molecule has 0 unspecified atom stereocenters. The van der Waals surface area contributed by atoms with Gasteiger partial charge in [-0.05, 0) is 55.0 Å². The van der Waals surface area contributed by atoms with Crippen LogP contribution in [0.1, 0.15) is 26.3 Å². The fourth-order valence-corrected chi connectivity index (χ4v) is 2.67. The number of benzene rings is 3. The van der Waals surface area contributed by atoms with E-state index in [-0.39, 0.29) is 11.8 Å². The van der Waals surface area contributed by atoms with E-state index in [1.54, 1.807) is 48.5 Å². The van der Waals surface area contributed by atoms with Gasteiger partial charge in [-0.2, -0.15) is 0 Å². The summed E-state index contributed by atoms with van der Waals surface area (Å²) in [4.78, 5) is 24.9. The fraction of sp³-hybridized carbons (Fsp3) is 0.0476. The molecule has 0 saturated carbocycles. The second kappa shape index (κ2) is 7.85. The zero-order valence-corrected chi connectivity index (χ0v) is 14.9. The van der Waals surface area contributed by atoms with E-state index < -0.39 is 0 Å². The van der Waals surface area contributed by atoms with Crippen molar-refractivity contribution in [2.24, 2.45) is 0 Å². The predicted octanol–water partition coefficient (Wildman–Crippen LogP) is 5.15.